The first kappa shape index (κ1) is 13.7. The van der Waals surface area contributed by atoms with Crippen molar-refractivity contribution in [2.45, 2.75) is 19.8 Å². The first-order chi connectivity index (χ1) is 10.3. The van der Waals surface area contributed by atoms with Gasteiger partial charge in [0.1, 0.15) is 0 Å². The molecule has 0 amide bonds. The highest BCUT2D eigenvalue weighted by atomic mass is 19.1. The van der Waals surface area contributed by atoms with Crippen LogP contribution in [0.4, 0.5) is 16.3 Å². The van der Waals surface area contributed by atoms with Gasteiger partial charge in [0.15, 0.2) is 11.6 Å². The summed E-state index contributed by atoms with van der Waals surface area (Å²) in [5.41, 5.74) is 0.340. The summed E-state index contributed by atoms with van der Waals surface area (Å²) in [6, 6.07) is 1.58. The fourth-order valence-electron chi connectivity index (χ4n) is 2.34. The molecule has 1 N–H and O–H groups in total. The molecule has 0 saturated carbocycles. The minimum absolute atomic E-state index is 0.336. The van der Waals surface area contributed by atoms with Crippen LogP contribution in [-0.2, 0) is 0 Å². The first-order valence-corrected chi connectivity index (χ1v) is 7.12. The third-order valence-corrected chi connectivity index (χ3v) is 3.36. The second-order valence-electron chi connectivity index (χ2n) is 4.86. The van der Waals surface area contributed by atoms with Gasteiger partial charge in [-0.05, 0) is 25.8 Å². The molecule has 6 nitrogen and oxygen atoms in total. The summed E-state index contributed by atoms with van der Waals surface area (Å²) in [4.78, 5) is 19.0. The zero-order valence-corrected chi connectivity index (χ0v) is 11.9. The lowest BCUT2D eigenvalue weighted by molar-refractivity contribution is 0.623. The molecule has 2 aromatic rings. The molecule has 2 aromatic heterocycles. The third-order valence-electron chi connectivity index (χ3n) is 3.36. The Kier molecular flexibility index (Phi) is 3.89. The number of rotatable bonds is 4. The van der Waals surface area contributed by atoms with E-state index in [2.05, 4.69) is 30.2 Å². The summed E-state index contributed by atoms with van der Waals surface area (Å²) in [6.45, 7) is 4.51. The van der Waals surface area contributed by atoms with Crippen LogP contribution >= 0.6 is 0 Å². The molecule has 3 heterocycles. The van der Waals surface area contributed by atoms with Crippen LogP contribution in [0.15, 0.2) is 18.5 Å². The Morgan fingerprint density at radius 3 is 2.76 bits per heavy atom. The van der Waals surface area contributed by atoms with Gasteiger partial charge in [-0.3, -0.25) is 4.98 Å². The number of nitrogens with one attached hydrogen (secondary N) is 1. The summed E-state index contributed by atoms with van der Waals surface area (Å²) in [6.07, 6.45) is 4.95. The smallest absolute Gasteiger partial charge is 0.230 e. The molecule has 0 atom stereocenters. The Balaban J connectivity index is 2.04. The molecule has 21 heavy (non-hydrogen) atoms. The van der Waals surface area contributed by atoms with Gasteiger partial charge in [0.05, 0.1) is 11.8 Å². The Bertz CT molecular complexity index is 627. The van der Waals surface area contributed by atoms with Gasteiger partial charge in [-0.1, -0.05) is 0 Å². The van der Waals surface area contributed by atoms with Gasteiger partial charge in [-0.15, -0.1) is 0 Å². The highest BCUT2D eigenvalue weighted by molar-refractivity contribution is 5.58. The summed E-state index contributed by atoms with van der Waals surface area (Å²) in [5.74, 6) is 0.978. The molecule has 1 aliphatic rings. The zero-order valence-electron chi connectivity index (χ0n) is 11.9. The van der Waals surface area contributed by atoms with Crippen LogP contribution in [0.25, 0.3) is 11.4 Å². The lowest BCUT2D eigenvalue weighted by atomic mass is 10.2. The van der Waals surface area contributed by atoms with E-state index < -0.39 is 5.82 Å². The van der Waals surface area contributed by atoms with Crippen molar-refractivity contribution in [2.75, 3.05) is 29.9 Å². The van der Waals surface area contributed by atoms with E-state index in [0.717, 1.165) is 25.9 Å². The minimum atomic E-state index is -0.432. The van der Waals surface area contributed by atoms with E-state index in [-0.39, 0.29) is 0 Å². The van der Waals surface area contributed by atoms with Crippen molar-refractivity contribution in [3.8, 4) is 11.4 Å². The van der Waals surface area contributed by atoms with Crippen molar-refractivity contribution >= 4 is 11.9 Å². The SMILES string of the molecule is CCNc1nc(-c2ccncc2F)nc(N2CCCC2)n1. The topological polar surface area (TPSA) is 66.8 Å². The lowest BCUT2D eigenvalue weighted by Gasteiger charge is -2.16. The number of aromatic nitrogens is 4. The summed E-state index contributed by atoms with van der Waals surface area (Å²) >= 11 is 0. The monoisotopic (exact) mass is 288 g/mol. The summed E-state index contributed by atoms with van der Waals surface area (Å²) in [5, 5.41) is 3.07. The van der Waals surface area contributed by atoms with Gasteiger partial charge in [-0.2, -0.15) is 15.0 Å². The van der Waals surface area contributed by atoms with E-state index in [4.69, 9.17) is 0 Å². The molecule has 0 bridgehead atoms. The second kappa shape index (κ2) is 5.99. The van der Waals surface area contributed by atoms with Gasteiger partial charge >= 0.3 is 0 Å². The fourth-order valence-corrected chi connectivity index (χ4v) is 2.34. The Morgan fingerprint density at radius 1 is 1.24 bits per heavy atom. The first-order valence-electron chi connectivity index (χ1n) is 7.12. The van der Waals surface area contributed by atoms with Crippen LogP contribution in [0.2, 0.25) is 0 Å². The van der Waals surface area contributed by atoms with Crippen LogP contribution in [0, 0.1) is 5.82 Å². The number of nitrogens with zero attached hydrogens (tertiary/aromatic N) is 5. The number of hydrogen-bond acceptors (Lipinski definition) is 6. The van der Waals surface area contributed by atoms with E-state index in [1.807, 2.05) is 6.92 Å². The predicted molar refractivity (Wildman–Crippen MR) is 78.6 cm³/mol. The van der Waals surface area contributed by atoms with E-state index in [1.165, 1.54) is 12.4 Å². The lowest BCUT2D eigenvalue weighted by Crippen LogP contribution is -2.22. The Morgan fingerprint density at radius 2 is 2.05 bits per heavy atom. The largest absolute Gasteiger partial charge is 0.354 e. The van der Waals surface area contributed by atoms with Crippen LogP contribution in [-0.4, -0.2) is 39.6 Å². The molecule has 0 radical (unpaired) electrons. The second-order valence-corrected chi connectivity index (χ2v) is 4.86. The molecule has 1 aliphatic heterocycles. The molecule has 0 spiro atoms. The van der Waals surface area contributed by atoms with Crippen molar-refractivity contribution in [3.63, 3.8) is 0 Å². The zero-order chi connectivity index (χ0) is 14.7. The molecule has 110 valence electrons. The van der Waals surface area contributed by atoms with Gasteiger partial charge < -0.3 is 10.2 Å². The van der Waals surface area contributed by atoms with E-state index in [0.29, 0.717) is 29.8 Å². The van der Waals surface area contributed by atoms with Gasteiger partial charge in [-0.25, -0.2) is 4.39 Å². The molecule has 0 aromatic carbocycles. The minimum Gasteiger partial charge on any atom is -0.354 e. The predicted octanol–water partition coefficient (Wildman–Crippen LogP) is 2.10. The van der Waals surface area contributed by atoms with Crippen LogP contribution in [0.1, 0.15) is 19.8 Å². The molecular formula is C14H17FN6. The van der Waals surface area contributed by atoms with Crippen molar-refractivity contribution in [3.05, 3.63) is 24.3 Å². The number of hydrogen-bond donors (Lipinski definition) is 1. The molecule has 1 fully saturated rings. The molecule has 3 rings (SSSR count). The maximum Gasteiger partial charge on any atom is 0.230 e. The molecule has 7 heteroatoms. The number of pyridine rings is 1. The average molecular weight is 288 g/mol. The highest BCUT2D eigenvalue weighted by Gasteiger charge is 2.19. The third kappa shape index (κ3) is 2.91. The molecule has 0 unspecified atom stereocenters. The van der Waals surface area contributed by atoms with Crippen molar-refractivity contribution < 1.29 is 4.39 Å². The van der Waals surface area contributed by atoms with Crippen LogP contribution in [0.5, 0.6) is 0 Å². The van der Waals surface area contributed by atoms with Gasteiger partial charge in [0.25, 0.3) is 0 Å². The number of halogens is 1. The summed E-state index contributed by atoms with van der Waals surface area (Å²) < 4.78 is 13.9. The molecule has 1 saturated heterocycles. The Labute approximate surface area is 122 Å². The standard InChI is InChI=1S/C14H17FN6/c1-2-17-13-18-12(10-5-6-16-9-11(10)15)19-14(20-13)21-7-3-4-8-21/h5-6,9H,2-4,7-8H2,1H3,(H,17,18,19,20). The van der Waals surface area contributed by atoms with E-state index in [9.17, 15) is 4.39 Å². The summed E-state index contributed by atoms with van der Waals surface area (Å²) in [7, 11) is 0. The van der Waals surface area contributed by atoms with Crippen LogP contribution in [0.3, 0.4) is 0 Å². The maximum atomic E-state index is 13.9. The number of anilines is 2. The molecule has 0 aliphatic carbocycles. The van der Waals surface area contributed by atoms with Crippen LogP contribution < -0.4 is 10.2 Å². The van der Waals surface area contributed by atoms with Gasteiger partial charge in [0.2, 0.25) is 11.9 Å². The average Bonchev–Trinajstić information content (AvgIpc) is 3.02. The maximum absolute atomic E-state index is 13.9. The fraction of sp³-hybridized carbons (Fsp3) is 0.429. The van der Waals surface area contributed by atoms with Crippen molar-refractivity contribution in [1.82, 2.24) is 19.9 Å². The van der Waals surface area contributed by atoms with Gasteiger partial charge in [0, 0.05) is 25.8 Å². The molecular weight excluding hydrogens is 271 g/mol. The van der Waals surface area contributed by atoms with Crippen molar-refractivity contribution in [2.24, 2.45) is 0 Å². The van der Waals surface area contributed by atoms with E-state index >= 15 is 0 Å². The van der Waals surface area contributed by atoms with Crippen molar-refractivity contribution in [1.29, 1.82) is 0 Å². The highest BCUT2D eigenvalue weighted by Crippen LogP contribution is 2.23. The Hall–Kier alpha value is -2.31. The normalized spacial score (nSPS) is 14.5. The van der Waals surface area contributed by atoms with E-state index in [1.54, 1.807) is 6.07 Å². The quantitative estimate of drug-likeness (QED) is 0.929.